The maximum absolute atomic E-state index is 13.9. The van der Waals surface area contributed by atoms with E-state index in [0.717, 1.165) is 0 Å². The molecule has 6 heteroatoms. The van der Waals surface area contributed by atoms with Crippen molar-refractivity contribution in [3.63, 3.8) is 0 Å². The maximum atomic E-state index is 13.9. The normalized spacial score (nSPS) is 10.7. The van der Waals surface area contributed by atoms with Gasteiger partial charge in [-0.2, -0.15) is 0 Å². The first-order chi connectivity index (χ1) is 11.5. The maximum Gasteiger partial charge on any atom is 0.307 e. The lowest BCUT2D eigenvalue weighted by Gasteiger charge is -2.23. The number of hydrogen-bond acceptors (Lipinski definition) is 4. The van der Waals surface area contributed by atoms with Crippen LogP contribution in [0.1, 0.15) is 44.0 Å². The number of amides is 1. The molecule has 0 saturated heterocycles. The molecular weight excluding hydrogens is 313 g/mol. The van der Waals surface area contributed by atoms with Gasteiger partial charge in [-0.15, -0.1) is 0 Å². The molecule has 0 bridgehead atoms. The second kappa shape index (κ2) is 10.8. The zero-order valence-electron chi connectivity index (χ0n) is 14.6. The molecule has 134 valence electrons. The molecule has 0 aromatic heterocycles. The Kier molecular flexibility index (Phi) is 9.01. The summed E-state index contributed by atoms with van der Waals surface area (Å²) in [5, 5.41) is 0. The minimum Gasteiger partial charge on any atom is -0.466 e. The first-order valence-electron chi connectivity index (χ1n) is 8.26. The number of benzene rings is 1. The van der Waals surface area contributed by atoms with E-state index in [0.29, 0.717) is 26.2 Å². The van der Waals surface area contributed by atoms with Crippen molar-refractivity contribution in [2.75, 3.05) is 26.3 Å². The Balaban J connectivity index is 2.70. The number of hydrogen-bond donors (Lipinski definition) is 0. The number of carbonyl (C=O) groups excluding carboxylic acids is 2. The molecular formula is C18H26FNO4. The van der Waals surface area contributed by atoms with Gasteiger partial charge in [0.25, 0.3) is 5.91 Å². The molecule has 24 heavy (non-hydrogen) atoms. The summed E-state index contributed by atoms with van der Waals surface area (Å²) in [7, 11) is 0. The van der Waals surface area contributed by atoms with E-state index in [1.807, 2.05) is 13.8 Å². The fourth-order valence-corrected chi connectivity index (χ4v) is 2.15. The van der Waals surface area contributed by atoms with Crippen molar-refractivity contribution in [3.05, 3.63) is 35.6 Å². The summed E-state index contributed by atoms with van der Waals surface area (Å²) in [5.74, 6) is -1.37. The van der Waals surface area contributed by atoms with E-state index >= 15 is 0 Å². The molecule has 0 aliphatic carbocycles. The average Bonchev–Trinajstić information content (AvgIpc) is 2.54. The fraction of sp³-hybridized carbons (Fsp3) is 0.556. The molecule has 0 saturated carbocycles. The number of rotatable bonds is 10. The van der Waals surface area contributed by atoms with Crippen molar-refractivity contribution in [1.82, 2.24) is 4.90 Å². The third-order valence-electron chi connectivity index (χ3n) is 3.31. The summed E-state index contributed by atoms with van der Waals surface area (Å²) in [5.41, 5.74) is 0.00568. The Morgan fingerprint density at radius 3 is 2.54 bits per heavy atom. The average molecular weight is 339 g/mol. The summed E-state index contributed by atoms with van der Waals surface area (Å²) < 4.78 is 24.2. The van der Waals surface area contributed by atoms with Crippen LogP contribution in [-0.4, -0.2) is 49.2 Å². The number of nitrogens with zero attached hydrogens (tertiary/aromatic N) is 1. The third-order valence-corrected chi connectivity index (χ3v) is 3.31. The van der Waals surface area contributed by atoms with Crippen LogP contribution in [0.15, 0.2) is 24.3 Å². The van der Waals surface area contributed by atoms with Crippen LogP contribution in [-0.2, 0) is 14.3 Å². The largest absolute Gasteiger partial charge is 0.466 e. The summed E-state index contributed by atoms with van der Waals surface area (Å²) in [6.45, 7) is 6.96. The van der Waals surface area contributed by atoms with Crippen LogP contribution >= 0.6 is 0 Å². The van der Waals surface area contributed by atoms with Crippen LogP contribution in [0.3, 0.4) is 0 Å². The molecule has 0 spiro atoms. The van der Waals surface area contributed by atoms with E-state index in [2.05, 4.69) is 0 Å². The van der Waals surface area contributed by atoms with E-state index in [4.69, 9.17) is 9.47 Å². The lowest BCUT2D eigenvalue weighted by Crippen LogP contribution is -2.35. The van der Waals surface area contributed by atoms with Gasteiger partial charge in [-0.25, -0.2) is 4.39 Å². The Hall–Kier alpha value is -1.95. The van der Waals surface area contributed by atoms with E-state index in [1.165, 1.54) is 23.1 Å². The minimum absolute atomic E-state index is 0.00568. The molecule has 5 nitrogen and oxygen atoms in total. The molecule has 0 N–H and O–H groups in total. The SMILES string of the molecule is CCOC(=O)CCN(CCCOC(C)C)C(=O)c1ccccc1F. The zero-order chi connectivity index (χ0) is 17.9. The summed E-state index contributed by atoms with van der Waals surface area (Å²) >= 11 is 0. The fourth-order valence-electron chi connectivity index (χ4n) is 2.15. The molecule has 1 amide bonds. The van der Waals surface area contributed by atoms with Gasteiger partial charge in [-0.3, -0.25) is 9.59 Å². The molecule has 0 aliphatic rings. The van der Waals surface area contributed by atoms with Gasteiger partial charge in [0, 0.05) is 19.7 Å². The second-order valence-corrected chi connectivity index (χ2v) is 5.60. The lowest BCUT2D eigenvalue weighted by molar-refractivity contribution is -0.143. The van der Waals surface area contributed by atoms with Crippen molar-refractivity contribution in [2.45, 2.75) is 39.7 Å². The predicted molar refractivity (Wildman–Crippen MR) is 89.3 cm³/mol. The van der Waals surface area contributed by atoms with Crippen LogP contribution < -0.4 is 0 Å². The van der Waals surface area contributed by atoms with Gasteiger partial charge in [-0.1, -0.05) is 12.1 Å². The number of carbonyl (C=O) groups is 2. The molecule has 0 fully saturated rings. The van der Waals surface area contributed by atoms with Crippen LogP contribution in [0.2, 0.25) is 0 Å². The van der Waals surface area contributed by atoms with E-state index < -0.39 is 11.7 Å². The topological polar surface area (TPSA) is 55.8 Å². The third kappa shape index (κ3) is 7.08. The predicted octanol–water partition coefficient (Wildman–Crippen LogP) is 3.04. The zero-order valence-corrected chi connectivity index (χ0v) is 14.6. The monoisotopic (exact) mass is 339 g/mol. The smallest absolute Gasteiger partial charge is 0.307 e. The first-order valence-corrected chi connectivity index (χ1v) is 8.26. The van der Waals surface area contributed by atoms with Gasteiger partial charge in [0.1, 0.15) is 5.82 Å². The van der Waals surface area contributed by atoms with E-state index in [1.54, 1.807) is 13.0 Å². The van der Waals surface area contributed by atoms with Crippen molar-refractivity contribution in [2.24, 2.45) is 0 Å². The van der Waals surface area contributed by atoms with Crippen molar-refractivity contribution in [1.29, 1.82) is 0 Å². The standard InChI is InChI=1S/C18H26FNO4/c1-4-23-17(21)10-12-20(11-7-13-24-14(2)3)18(22)15-8-5-6-9-16(15)19/h5-6,8-9,14H,4,7,10-13H2,1-3H3. The molecule has 0 aliphatic heterocycles. The lowest BCUT2D eigenvalue weighted by atomic mass is 10.1. The van der Waals surface area contributed by atoms with Crippen molar-refractivity contribution >= 4 is 11.9 Å². The van der Waals surface area contributed by atoms with E-state index in [-0.39, 0.29) is 30.6 Å². The molecule has 1 rings (SSSR count). The summed E-state index contributed by atoms with van der Waals surface area (Å²) in [6, 6.07) is 5.84. The van der Waals surface area contributed by atoms with Gasteiger partial charge in [-0.05, 0) is 39.3 Å². The molecule has 0 radical (unpaired) electrons. The number of ether oxygens (including phenoxy) is 2. The highest BCUT2D eigenvalue weighted by molar-refractivity contribution is 5.94. The van der Waals surface area contributed by atoms with Gasteiger partial charge < -0.3 is 14.4 Å². The van der Waals surface area contributed by atoms with E-state index in [9.17, 15) is 14.0 Å². The molecule has 0 atom stereocenters. The van der Waals surface area contributed by atoms with Gasteiger partial charge >= 0.3 is 5.97 Å². The Morgan fingerprint density at radius 1 is 1.21 bits per heavy atom. The van der Waals surface area contributed by atoms with Crippen LogP contribution in [0.25, 0.3) is 0 Å². The quantitative estimate of drug-likeness (QED) is 0.486. The number of halogens is 1. The molecule has 0 unspecified atom stereocenters. The Labute approximate surface area is 142 Å². The Morgan fingerprint density at radius 2 is 1.92 bits per heavy atom. The number of esters is 1. The summed E-state index contributed by atoms with van der Waals surface area (Å²) in [6.07, 6.45) is 0.806. The first kappa shape index (κ1) is 20.1. The van der Waals surface area contributed by atoms with Gasteiger partial charge in [0.15, 0.2) is 0 Å². The highest BCUT2D eigenvalue weighted by Gasteiger charge is 2.19. The van der Waals surface area contributed by atoms with Crippen LogP contribution in [0, 0.1) is 5.82 Å². The highest BCUT2D eigenvalue weighted by Crippen LogP contribution is 2.11. The highest BCUT2D eigenvalue weighted by atomic mass is 19.1. The summed E-state index contributed by atoms with van der Waals surface area (Å²) in [4.78, 5) is 25.6. The second-order valence-electron chi connectivity index (χ2n) is 5.60. The minimum atomic E-state index is -0.568. The molecule has 0 heterocycles. The van der Waals surface area contributed by atoms with Crippen molar-refractivity contribution in [3.8, 4) is 0 Å². The van der Waals surface area contributed by atoms with Crippen LogP contribution in [0.5, 0.6) is 0 Å². The van der Waals surface area contributed by atoms with Gasteiger partial charge in [0.05, 0.1) is 24.7 Å². The molecule has 1 aromatic rings. The Bertz CT molecular complexity index is 534. The van der Waals surface area contributed by atoms with Crippen molar-refractivity contribution < 1.29 is 23.5 Å². The molecule has 1 aromatic carbocycles. The van der Waals surface area contributed by atoms with Gasteiger partial charge in [0.2, 0.25) is 0 Å². The van der Waals surface area contributed by atoms with Crippen LogP contribution in [0.4, 0.5) is 4.39 Å².